The molecule has 35 heavy (non-hydrogen) atoms. The van der Waals surface area contributed by atoms with Gasteiger partial charge >= 0.3 is 0 Å². The molecular weight excluding hydrogens is 442 g/mol. The van der Waals surface area contributed by atoms with Crippen LogP contribution in [0.2, 0.25) is 0 Å². The van der Waals surface area contributed by atoms with Gasteiger partial charge in [-0.1, -0.05) is 48.5 Å². The first-order valence-corrected chi connectivity index (χ1v) is 11.7. The molecule has 1 N–H and O–H groups in total. The maximum absolute atomic E-state index is 13.7. The molecule has 3 aromatic carbocycles. The van der Waals surface area contributed by atoms with Crippen LogP contribution in [0.1, 0.15) is 50.8 Å². The molecule has 0 spiro atoms. The van der Waals surface area contributed by atoms with E-state index >= 15 is 0 Å². The lowest BCUT2D eigenvalue weighted by atomic mass is 9.97. The number of fused-ring (bicyclic) bond motifs is 2. The van der Waals surface area contributed by atoms with Gasteiger partial charge in [-0.25, -0.2) is 0 Å². The second-order valence-electron chi connectivity index (χ2n) is 8.95. The minimum Gasteiger partial charge on any atom is -0.489 e. The number of aryl methyl sites for hydroxylation is 2. The molecule has 0 saturated heterocycles. The van der Waals surface area contributed by atoms with E-state index in [1.807, 2.05) is 80.6 Å². The number of carbonyl (C=O) groups excluding carboxylic acids is 1. The van der Waals surface area contributed by atoms with Gasteiger partial charge in [0, 0.05) is 13.2 Å². The van der Waals surface area contributed by atoms with Gasteiger partial charge in [-0.05, 0) is 60.7 Å². The zero-order valence-corrected chi connectivity index (χ0v) is 19.8. The molecule has 1 amide bonds. The highest BCUT2D eigenvalue weighted by molar-refractivity contribution is 5.99. The molecule has 1 aliphatic heterocycles. The summed E-state index contributed by atoms with van der Waals surface area (Å²) in [6, 6.07) is 20.5. The Morgan fingerprint density at radius 3 is 2.46 bits per heavy atom. The fourth-order valence-corrected chi connectivity index (χ4v) is 4.78. The van der Waals surface area contributed by atoms with E-state index in [0.717, 1.165) is 22.3 Å². The molecule has 5 rings (SSSR count). The van der Waals surface area contributed by atoms with E-state index in [4.69, 9.17) is 9.15 Å². The van der Waals surface area contributed by atoms with Crippen LogP contribution < -0.4 is 10.2 Å². The van der Waals surface area contributed by atoms with Crippen LogP contribution in [0.15, 0.2) is 75.9 Å². The van der Waals surface area contributed by atoms with Gasteiger partial charge in [0.2, 0.25) is 5.76 Å². The first-order valence-electron chi connectivity index (χ1n) is 11.7. The fraction of sp³-hybridized carbons (Fsp3) is 0.241. The summed E-state index contributed by atoms with van der Waals surface area (Å²) < 4.78 is 12.0. The van der Waals surface area contributed by atoms with Crippen molar-refractivity contribution in [3.8, 4) is 5.75 Å². The smallest absolute Gasteiger partial charge is 0.290 e. The minimum absolute atomic E-state index is 0.0548. The van der Waals surface area contributed by atoms with Crippen molar-refractivity contribution in [1.82, 2.24) is 4.90 Å². The molecule has 1 atom stereocenters. The lowest BCUT2D eigenvalue weighted by Crippen LogP contribution is -2.31. The third-order valence-corrected chi connectivity index (χ3v) is 6.40. The number of hydrogen-bond donors (Lipinski definition) is 1. The van der Waals surface area contributed by atoms with Crippen LogP contribution in [0.4, 0.5) is 0 Å². The number of benzene rings is 3. The summed E-state index contributed by atoms with van der Waals surface area (Å²) in [5.74, 6) is 0.449. The molecule has 2 heterocycles. The minimum atomic E-state index is -0.589. The lowest BCUT2D eigenvalue weighted by Gasteiger charge is -2.25. The van der Waals surface area contributed by atoms with Crippen molar-refractivity contribution in [3.63, 3.8) is 0 Å². The topological polar surface area (TPSA) is 80.0 Å². The number of ether oxygens (including phenoxy) is 1. The monoisotopic (exact) mass is 469 g/mol. The second-order valence-corrected chi connectivity index (χ2v) is 8.95. The summed E-state index contributed by atoms with van der Waals surface area (Å²) in [5, 5.41) is 9.89. The Balaban J connectivity index is 1.55. The molecule has 4 aromatic rings. The van der Waals surface area contributed by atoms with Gasteiger partial charge in [0.05, 0.1) is 17.0 Å². The summed E-state index contributed by atoms with van der Waals surface area (Å²) in [6.45, 7) is 4.51. The van der Waals surface area contributed by atoms with Crippen LogP contribution >= 0.6 is 0 Å². The number of amides is 1. The van der Waals surface area contributed by atoms with Crippen LogP contribution in [0.5, 0.6) is 5.75 Å². The van der Waals surface area contributed by atoms with E-state index in [1.54, 1.807) is 4.90 Å². The molecule has 0 fully saturated rings. The molecule has 0 radical (unpaired) electrons. The summed E-state index contributed by atoms with van der Waals surface area (Å²) in [6.07, 6.45) is 0.403. The molecule has 6 heteroatoms. The third kappa shape index (κ3) is 4.21. The first kappa shape index (κ1) is 22.9. The average molecular weight is 470 g/mol. The van der Waals surface area contributed by atoms with Gasteiger partial charge in [0.15, 0.2) is 5.43 Å². The SMILES string of the molecule is Cc1cc(C)c2oc3c(c(=O)c2c1)C(c1ccc(OCc2ccccc2)cc1)N(CCCO)C3=O. The van der Waals surface area contributed by atoms with E-state index in [1.165, 1.54) is 0 Å². The second kappa shape index (κ2) is 9.39. The summed E-state index contributed by atoms with van der Waals surface area (Å²) in [5.41, 5.74) is 4.24. The maximum Gasteiger partial charge on any atom is 0.290 e. The summed E-state index contributed by atoms with van der Waals surface area (Å²) in [7, 11) is 0. The number of carbonyl (C=O) groups is 1. The number of hydrogen-bond acceptors (Lipinski definition) is 5. The van der Waals surface area contributed by atoms with E-state index in [-0.39, 0.29) is 23.7 Å². The van der Waals surface area contributed by atoms with Crippen molar-refractivity contribution >= 4 is 16.9 Å². The molecule has 1 aromatic heterocycles. The van der Waals surface area contributed by atoms with Crippen molar-refractivity contribution in [2.24, 2.45) is 0 Å². The molecule has 0 bridgehead atoms. The van der Waals surface area contributed by atoms with Gasteiger partial charge in [0.1, 0.15) is 17.9 Å². The van der Waals surface area contributed by atoms with E-state index in [2.05, 4.69) is 0 Å². The highest BCUT2D eigenvalue weighted by Gasteiger charge is 2.42. The third-order valence-electron chi connectivity index (χ3n) is 6.40. The zero-order chi connectivity index (χ0) is 24.5. The Morgan fingerprint density at radius 2 is 1.74 bits per heavy atom. The Labute approximate surface area is 203 Å². The molecule has 1 unspecified atom stereocenters. The van der Waals surface area contributed by atoms with Crippen molar-refractivity contribution in [1.29, 1.82) is 0 Å². The number of aliphatic hydroxyl groups excluding tert-OH is 1. The van der Waals surface area contributed by atoms with Gasteiger partial charge in [0.25, 0.3) is 5.91 Å². The van der Waals surface area contributed by atoms with Crippen molar-refractivity contribution in [2.75, 3.05) is 13.2 Å². The molecule has 0 saturated carbocycles. The predicted molar refractivity (Wildman–Crippen MR) is 134 cm³/mol. The summed E-state index contributed by atoms with van der Waals surface area (Å²) in [4.78, 5) is 28.7. The van der Waals surface area contributed by atoms with Crippen LogP contribution in [0.25, 0.3) is 11.0 Å². The van der Waals surface area contributed by atoms with Crippen LogP contribution in [-0.4, -0.2) is 29.1 Å². The van der Waals surface area contributed by atoms with Crippen molar-refractivity contribution in [2.45, 2.75) is 32.9 Å². The number of aliphatic hydroxyl groups is 1. The van der Waals surface area contributed by atoms with Crippen LogP contribution in [-0.2, 0) is 6.61 Å². The quantitative estimate of drug-likeness (QED) is 0.416. The Bertz CT molecular complexity index is 1440. The highest BCUT2D eigenvalue weighted by Crippen LogP contribution is 2.39. The Hall–Kier alpha value is -3.90. The van der Waals surface area contributed by atoms with Gasteiger partial charge < -0.3 is 19.2 Å². The molecule has 178 valence electrons. The molecule has 0 aliphatic carbocycles. The maximum atomic E-state index is 13.7. The van der Waals surface area contributed by atoms with Crippen LogP contribution in [0, 0.1) is 13.8 Å². The van der Waals surface area contributed by atoms with E-state index in [9.17, 15) is 14.7 Å². The number of rotatable bonds is 7. The molecule has 6 nitrogen and oxygen atoms in total. The zero-order valence-electron chi connectivity index (χ0n) is 19.8. The number of nitrogens with zero attached hydrogens (tertiary/aromatic N) is 1. The van der Waals surface area contributed by atoms with Gasteiger partial charge in [-0.15, -0.1) is 0 Å². The normalized spacial score (nSPS) is 15.0. The fourth-order valence-electron chi connectivity index (χ4n) is 4.78. The highest BCUT2D eigenvalue weighted by atomic mass is 16.5. The predicted octanol–water partition coefficient (Wildman–Crippen LogP) is 4.92. The van der Waals surface area contributed by atoms with E-state index in [0.29, 0.717) is 41.9 Å². The first-order chi connectivity index (χ1) is 17.0. The van der Waals surface area contributed by atoms with Gasteiger partial charge in [-0.2, -0.15) is 0 Å². The Kier molecular flexibility index (Phi) is 6.14. The standard InChI is InChI=1S/C29H27NO5/c1-18-15-19(2)27-23(16-18)26(32)24-25(30(13-6-14-31)29(33)28(24)35-27)21-9-11-22(12-10-21)34-17-20-7-4-3-5-8-20/h3-5,7-12,15-16,25,31H,6,13-14,17H2,1-2H3. The summed E-state index contributed by atoms with van der Waals surface area (Å²) >= 11 is 0. The lowest BCUT2D eigenvalue weighted by molar-refractivity contribution is 0.0716. The average Bonchev–Trinajstić information content (AvgIpc) is 3.15. The molecular formula is C29H27NO5. The largest absolute Gasteiger partial charge is 0.489 e. The molecule has 1 aliphatic rings. The van der Waals surface area contributed by atoms with Crippen LogP contribution in [0.3, 0.4) is 0 Å². The van der Waals surface area contributed by atoms with Crippen molar-refractivity contribution in [3.05, 3.63) is 111 Å². The van der Waals surface area contributed by atoms with E-state index < -0.39 is 6.04 Å². The Morgan fingerprint density at radius 1 is 1.00 bits per heavy atom. The van der Waals surface area contributed by atoms with Crippen molar-refractivity contribution < 1.29 is 19.1 Å². The van der Waals surface area contributed by atoms with Gasteiger partial charge in [-0.3, -0.25) is 9.59 Å².